The van der Waals surface area contributed by atoms with Crippen LogP contribution in [-0.4, -0.2) is 57.3 Å². The summed E-state index contributed by atoms with van der Waals surface area (Å²) in [5, 5.41) is 5.22. The van der Waals surface area contributed by atoms with Crippen LogP contribution in [0.15, 0.2) is 30.3 Å². The first-order valence-corrected chi connectivity index (χ1v) is 10.3. The van der Waals surface area contributed by atoms with E-state index in [4.69, 9.17) is 16.3 Å². The van der Waals surface area contributed by atoms with Gasteiger partial charge in [-0.2, -0.15) is 5.10 Å². The molecule has 2 saturated heterocycles. The van der Waals surface area contributed by atoms with Crippen molar-refractivity contribution in [2.75, 3.05) is 19.7 Å². The van der Waals surface area contributed by atoms with Crippen molar-refractivity contribution in [1.82, 2.24) is 19.6 Å². The van der Waals surface area contributed by atoms with E-state index < -0.39 is 0 Å². The largest absolute Gasteiger partial charge is 0.374 e. The van der Waals surface area contributed by atoms with E-state index in [1.165, 1.54) is 0 Å². The van der Waals surface area contributed by atoms with Crippen LogP contribution in [0.5, 0.6) is 0 Å². The van der Waals surface area contributed by atoms with Crippen LogP contribution in [-0.2, 0) is 36.1 Å². The van der Waals surface area contributed by atoms with Gasteiger partial charge in [0.25, 0.3) is 0 Å². The second kappa shape index (κ2) is 8.23. The molecule has 0 spiro atoms. The number of ether oxygens (including phenoxy) is 1. The van der Waals surface area contributed by atoms with E-state index in [-0.39, 0.29) is 18.1 Å². The summed E-state index contributed by atoms with van der Waals surface area (Å²) in [6.07, 6.45) is 1.34. The maximum atomic E-state index is 12.8. The first-order chi connectivity index (χ1) is 13.6. The standard InChI is InChI=1S/C21H27ClN4O2/c1-3-17-16(21(22)24(2)23-17)12-25-13-18-19(14-25)28-10-9-20(27)26(18)11-15-7-5-4-6-8-15/h4-8,18-19H,3,9-14H2,1-2H3/t18-,19-/m0/s1. The summed E-state index contributed by atoms with van der Waals surface area (Å²) in [5.74, 6) is 0.173. The van der Waals surface area contributed by atoms with E-state index >= 15 is 0 Å². The summed E-state index contributed by atoms with van der Waals surface area (Å²) in [6, 6.07) is 10.2. The first kappa shape index (κ1) is 19.4. The first-order valence-electron chi connectivity index (χ1n) is 9.94. The van der Waals surface area contributed by atoms with Crippen LogP contribution >= 0.6 is 11.6 Å². The highest BCUT2D eigenvalue weighted by Gasteiger charge is 2.41. The van der Waals surface area contributed by atoms with Gasteiger partial charge in [0.2, 0.25) is 5.91 Å². The van der Waals surface area contributed by atoms with Gasteiger partial charge in [-0.25, -0.2) is 0 Å². The molecule has 28 heavy (non-hydrogen) atoms. The SMILES string of the molecule is CCc1nn(C)c(Cl)c1CN1C[C@@H]2OCCC(=O)N(Cc3ccccc3)[C@H]2C1. The summed E-state index contributed by atoms with van der Waals surface area (Å²) in [6.45, 7) is 5.55. The molecule has 1 aromatic heterocycles. The molecule has 0 bridgehead atoms. The van der Waals surface area contributed by atoms with Crippen molar-refractivity contribution in [1.29, 1.82) is 0 Å². The Morgan fingerprint density at radius 1 is 1.21 bits per heavy atom. The Morgan fingerprint density at radius 2 is 2.00 bits per heavy atom. The zero-order valence-corrected chi connectivity index (χ0v) is 17.2. The number of aromatic nitrogens is 2. The Kier molecular flexibility index (Phi) is 5.71. The predicted octanol–water partition coefficient (Wildman–Crippen LogP) is 2.64. The van der Waals surface area contributed by atoms with E-state index in [2.05, 4.69) is 29.1 Å². The van der Waals surface area contributed by atoms with Crippen molar-refractivity contribution in [2.24, 2.45) is 7.05 Å². The summed E-state index contributed by atoms with van der Waals surface area (Å²) in [7, 11) is 1.88. The Bertz CT molecular complexity index is 838. The number of aryl methyl sites for hydroxylation is 2. The van der Waals surface area contributed by atoms with Gasteiger partial charge in [0.1, 0.15) is 5.15 Å². The lowest BCUT2D eigenvalue weighted by atomic mass is 10.1. The van der Waals surface area contributed by atoms with Gasteiger partial charge in [0.15, 0.2) is 0 Å². The monoisotopic (exact) mass is 402 g/mol. The van der Waals surface area contributed by atoms with E-state index in [0.29, 0.717) is 24.7 Å². The lowest BCUT2D eigenvalue weighted by Gasteiger charge is -2.30. The molecule has 0 saturated carbocycles. The number of fused-ring (bicyclic) bond motifs is 1. The third-order valence-corrected chi connectivity index (χ3v) is 6.22. The highest BCUT2D eigenvalue weighted by atomic mass is 35.5. The number of carbonyl (C=O) groups excluding carboxylic acids is 1. The van der Waals surface area contributed by atoms with Gasteiger partial charge in [-0.05, 0) is 12.0 Å². The summed E-state index contributed by atoms with van der Waals surface area (Å²) < 4.78 is 7.81. The summed E-state index contributed by atoms with van der Waals surface area (Å²) in [5.41, 5.74) is 3.28. The number of carbonyl (C=O) groups is 1. The van der Waals surface area contributed by atoms with Crippen LogP contribution in [0.4, 0.5) is 0 Å². The fourth-order valence-corrected chi connectivity index (χ4v) is 4.51. The maximum absolute atomic E-state index is 12.8. The fraction of sp³-hybridized carbons (Fsp3) is 0.524. The number of benzene rings is 1. The molecule has 2 aliphatic heterocycles. The molecular weight excluding hydrogens is 376 g/mol. The van der Waals surface area contributed by atoms with Gasteiger partial charge in [0.05, 0.1) is 30.9 Å². The molecule has 2 fully saturated rings. The Labute approximate surface area is 171 Å². The molecule has 1 aromatic carbocycles. The summed E-state index contributed by atoms with van der Waals surface area (Å²) >= 11 is 6.49. The van der Waals surface area contributed by atoms with Crippen LogP contribution in [0, 0.1) is 0 Å². The second-order valence-electron chi connectivity index (χ2n) is 7.62. The number of hydrogen-bond acceptors (Lipinski definition) is 4. The topological polar surface area (TPSA) is 50.6 Å². The van der Waals surface area contributed by atoms with E-state index in [1.807, 2.05) is 30.1 Å². The molecule has 3 heterocycles. The third kappa shape index (κ3) is 3.81. The van der Waals surface area contributed by atoms with Crippen molar-refractivity contribution in [3.05, 3.63) is 52.3 Å². The Hall–Kier alpha value is -1.89. The van der Waals surface area contributed by atoms with E-state index in [1.54, 1.807) is 4.68 Å². The highest BCUT2D eigenvalue weighted by molar-refractivity contribution is 6.30. The average molecular weight is 403 g/mol. The van der Waals surface area contributed by atoms with Gasteiger partial charge in [-0.15, -0.1) is 0 Å². The molecular formula is C21H27ClN4O2. The quantitative estimate of drug-likeness (QED) is 0.771. The normalized spacial score (nSPS) is 23.1. The second-order valence-corrected chi connectivity index (χ2v) is 7.98. The number of likely N-dealkylation sites (tertiary alicyclic amines) is 1. The molecule has 2 aliphatic rings. The molecule has 1 amide bonds. The lowest BCUT2D eigenvalue weighted by Crippen LogP contribution is -2.45. The van der Waals surface area contributed by atoms with Crippen LogP contribution in [0.3, 0.4) is 0 Å². The van der Waals surface area contributed by atoms with Gasteiger partial charge in [-0.3, -0.25) is 14.4 Å². The number of nitrogens with zero attached hydrogens (tertiary/aromatic N) is 4. The van der Waals surface area contributed by atoms with Crippen molar-refractivity contribution >= 4 is 17.5 Å². The van der Waals surface area contributed by atoms with Crippen molar-refractivity contribution in [3.63, 3.8) is 0 Å². The molecule has 0 N–H and O–H groups in total. The smallest absolute Gasteiger partial charge is 0.225 e. The molecule has 0 radical (unpaired) electrons. The molecule has 150 valence electrons. The molecule has 4 rings (SSSR count). The van der Waals surface area contributed by atoms with Gasteiger partial charge in [0, 0.05) is 38.8 Å². The molecule has 6 nitrogen and oxygen atoms in total. The van der Waals surface area contributed by atoms with Gasteiger partial charge < -0.3 is 9.64 Å². The predicted molar refractivity (Wildman–Crippen MR) is 108 cm³/mol. The van der Waals surface area contributed by atoms with Crippen LogP contribution < -0.4 is 0 Å². The van der Waals surface area contributed by atoms with Crippen molar-refractivity contribution in [3.8, 4) is 0 Å². The van der Waals surface area contributed by atoms with Crippen LogP contribution in [0.1, 0.15) is 30.2 Å². The van der Waals surface area contributed by atoms with Gasteiger partial charge >= 0.3 is 0 Å². The van der Waals surface area contributed by atoms with Crippen LogP contribution in [0.2, 0.25) is 5.15 Å². The average Bonchev–Trinajstić information content (AvgIpc) is 3.18. The van der Waals surface area contributed by atoms with E-state index in [9.17, 15) is 4.79 Å². The molecule has 0 aliphatic carbocycles. The zero-order valence-electron chi connectivity index (χ0n) is 16.5. The highest BCUT2D eigenvalue weighted by Crippen LogP contribution is 2.28. The number of rotatable bonds is 5. The maximum Gasteiger partial charge on any atom is 0.225 e. The minimum atomic E-state index is 0.0377. The third-order valence-electron chi connectivity index (χ3n) is 5.75. The minimum absolute atomic E-state index is 0.0377. The number of halogens is 1. The number of amides is 1. The Balaban J connectivity index is 1.53. The lowest BCUT2D eigenvalue weighted by molar-refractivity contribution is -0.133. The fourth-order valence-electron chi connectivity index (χ4n) is 4.30. The Morgan fingerprint density at radius 3 is 2.75 bits per heavy atom. The number of hydrogen-bond donors (Lipinski definition) is 0. The zero-order chi connectivity index (χ0) is 19.7. The van der Waals surface area contributed by atoms with Crippen molar-refractivity contribution in [2.45, 2.75) is 45.0 Å². The molecule has 0 unspecified atom stereocenters. The van der Waals surface area contributed by atoms with Gasteiger partial charge in [-0.1, -0.05) is 48.9 Å². The van der Waals surface area contributed by atoms with E-state index in [0.717, 1.165) is 42.9 Å². The van der Waals surface area contributed by atoms with Crippen LogP contribution in [0.25, 0.3) is 0 Å². The molecule has 2 aromatic rings. The van der Waals surface area contributed by atoms with Crippen molar-refractivity contribution < 1.29 is 9.53 Å². The molecule has 7 heteroatoms. The minimum Gasteiger partial charge on any atom is -0.374 e. The summed E-state index contributed by atoms with van der Waals surface area (Å²) in [4.78, 5) is 17.1. The molecule has 2 atom stereocenters.